The average molecular weight is 811 g/mol. The molecular formula is C44H51FN6O6S. The Kier molecular flexibility index (Phi) is 10.6. The average Bonchev–Trinajstić information content (AvgIpc) is 4.02. The third kappa shape index (κ3) is 7.70. The van der Waals surface area contributed by atoms with Gasteiger partial charge in [-0.2, -0.15) is 4.98 Å². The molecule has 1 aromatic heterocycles. The summed E-state index contributed by atoms with van der Waals surface area (Å²) in [5.41, 5.74) is 2.38. The number of ether oxygens (including phenoxy) is 1. The highest BCUT2D eigenvalue weighted by Gasteiger charge is 2.63. The maximum Gasteiger partial charge on any atom is 0.297 e. The quantitative estimate of drug-likeness (QED) is 0.159. The molecule has 0 radical (unpaired) electrons. The lowest BCUT2D eigenvalue weighted by Gasteiger charge is -2.30. The highest BCUT2D eigenvalue weighted by atomic mass is 32.2. The number of anilines is 1. The molecular weight excluding hydrogens is 760 g/mol. The maximum atomic E-state index is 14.8. The van der Waals surface area contributed by atoms with Crippen LogP contribution in [0.25, 0.3) is 22.2 Å². The molecule has 0 unspecified atom stereocenters. The van der Waals surface area contributed by atoms with E-state index in [0.717, 1.165) is 48.0 Å². The van der Waals surface area contributed by atoms with Crippen LogP contribution in [-0.2, 0) is 24.4 Å². The van der Waals surface area contributed by atoms with Crippen LogP contribution in [0.2, 0.25) is 0 Å². The number of hydrogen-bond donors (Lipinski definition) is 3. The Bertz CT molecular complexity index is 2340. The number of imidazole rings is 1. The van der Waals surface area contributed by atoms with E-state index in [1.165, 1.54) is 12.1 Å². The number of carbonyl (C=O) groups excluding carboxylic acids is 3. The molecule has 2 aliphatic heterocycles. The van der Waals surface area contributed by atoms with E-state index in [2.05, 4.69) is 15.4 Å². The van der Waals surface area contributed by atoms with Crippen molar-refractivity contribution in [3.05, 3.63) is 90.8 Å². The van der Waals surface area contributed by atoms with E-state index >= 15 is 0 Å². The van der Waals surface area contributed by atoms with E-state index < -0.39 is 56.2 Å². The Hall–Kier alpha value is -5.24. The predicted molar refractivity (Wildman–Crippen MR) is 220 cm³/mol. The van der Waals surface area contributed by atoms with Gasteiger partial charge in [0, 0.05) is 29.6 Å². The van der Waals surface area contributed by atoms with E-state index in [1.54, 1.807) is 24.0 Å². The van der Waals surface area contributed by atoms with Gasteiger partial charge in [-0.3, -0.25) is 23.7 Å². The number of fused-ring (bicyclic) bond motifs is 3. The standard InChI is InChI=1S/C44H51FN6O6S/c1-28(2)51-36-18-12-16-34(29-19-21-31(45)22-20-29)38(36)47-42(51)57-33-25-37-39(52)48-44(41(54)49-58(55,56)43(3)23-24-43)26-30(44)13-8-5-4-6-11-17-35(40(53)50(37)27-33)46-32-14-9-7-10-15-32/h7-10,12-16,18-22,28,30,33,35,37,46H,4-6,11,17,23-27H2,1-3H3,(H,48,52)(H,49,54)/t30-,33-,35+,37+,44-/m1/s1. The second-order valence-corrected chi connectivity index (χ2v) is 19.0. The molecule has 3 N–H and O–H groups in total. The van der Waals surface area contributed by atoms with Crippen molar-refractivity contribution in [2.45, 2.75) is 113 Å². The molecule has 0 spiro atoms. The summed E-state index contributed by atoms with van der Waals surface area (Å²) in [6.07, 6.45) is 8.31. The number of aromatic nitrogens is 2. The number of amides is 3. The molecule has 2 aliphatic carbocycles. The van der Waals surface area contributed by atoms with Gasteiger partial charge in [0.25, 0.3) is 11.9 Å². The van der Waals surface area contributed by atoms with Gasteiger partial charge in [-0.05, 0) is 95.2 Å². The molecule has 3 aromatic carbocycles. The van der Waals surface area contributed by atoms with Crippen LogP contribution >= 0.6 is 0 Å². The second kappa shape index (κ2) is 15.5. The predicted octanol–water partition coefficient (Wildman–Crippen LogP) is 6.65. The number of nitrogens with zero attached hydrogens (tertiary/aromatic N) is 3. The first kappa shape index (κ1) is 39.6. The lowest BCUT2D eigenvalue weighted by molar-refractivity contribution is -0.140. The fourth-order valence-electron chi connectivity index (χ4n) is 8.37. The first-order valence-corrected chi connectivity index (χ1v) is 21.9. The molecule has 5 atom stereocenters. The number of rotatable bonds is 9. The van der Waals surface area contributed by atoms with Crippen LogP contribution in [0.4, 0.5) is 10.1 Å². The molecule has 3 heterocycles. The minimum absolute atomic E-state index is 0.0747. The molecule has 3 amide bonds. The van der Waals surface area contributed by atoms with Crippen LogP contribution in [0.15, 0.2) is 84.9 Å². The van der Waals surface area contributed by atoms with Crippen LogP contribution in [-0.4, -0.2) is 75.6 Å². The summed E-state index contributed by atoms with van der Waals surface area (Å²) in [6.45, 7) is 5.72. The Morgan fingerprint density at radius 1 is 1.00 bits per heavy atom. The minimum Gasteiger partial charge on any atom is -0.459 e. The lowest BCUT2D eigenvalue weighted by atomic mass is 10.0. The molecule has 3 fully saturated rings. The number of halogens is 1. The Morgan fingerprint density at radius 2 is 1.76 bits per heavy atom. The smallest absolute Gasteiger partial charge is 0.297 e. The van der Waals surface area contributed by atoms with Gasteiger partial charge in [0.2, 0.25) is 21.8 Å². The summed E-state index contributed by atoms with van der Waals surface area (Å²) < 4.78 is 50.3. The number of sulfonamides is 1. The third-order valence-corrected chi connectivity index (χ3v) is 14.4. The van der Waals surface area contributed by atoms with Gasteiger partial charge in [0.15, 0.2) is 0 Å². The van der Waals surface area contributed by atoms with Gasteiger partial charge < -0.3 is 20.3 Å². The Labute approximate surface area is 338 Å². The van der Waals surface area contributed by atoms with Crippen molar-refractivity contribution >= 4 is 44.5 Å². The zero-order valence-corrected chi connectivity index (χ0v) is 33.9. The monoisotopic (exact) mass is 810 g/mol. The summed E-state index contributed by atoms with van der Waals surface area (Å²) in [6, 6.07) is 20.1. The van der Waals surface area contributed by atoms with E-state index in [0.29, 0.717) is 30.8 Å². The summed E-state index contributed by atoms with van der Waals surface area (Å²) in [5, 5.41) is 6.39. The fourth-order valence-corrected chi connectivity index (χ4v) is 9.68. The van der Waals surface area contributed by atoms with Gasteiger partial charge in [0.05, 0.1) is 16.8 Å². The van der Waals surface area contributed by atoms with E-state index in [-0.39, 0.29) is 37.2 Å². The highest BCUT2D eigenvalue weighted by molar-refractivity contribution is 7.91. The van der Waals surface area contributed by atoms with Gasteiger partial charge >= 0.3 is 0 Å². The molecule has 12 nitrogen and oxygen atoms in total. The van der Waals surface area contributed by atoms with Crippen LogP contribution in [0.5, 0.6) is 6.01 Å². The minimum atomic E-state index is -3.98. The van der Waals surface area contributed by atoms with E-state index in [9.17, 15) is 27.2 Å². The number of hydrogen-bond acceptors (Lipinski definition) is 8. The van der Waals surface area contributed by atoms with Crippen LogP contribution < -0.4 is 20.1 Å². The van der Waals surface area contributed by atoms with Crippen LogP contribution in [0.3, 0.4) is 0 Å². The number of carbonyl (C=O) groups is 3. The van der Waals surface area contributed by atoms with Gasteiger partial charge in [-0.25, -0.2) is 12.8 Å². The molecule has 14 heteroatoms. The zero-order chi connectivity index (χ0) is 40.8. The van der Waals surface area contributed by atoms with Crippen LogP contribution in [0.1, 0.15) is 84.6 Å². The van der Waals surface area contributed by atoms with Crippen LogP contribution in [0, 0.1) is 11.7 Å². The molecule has 8 rings (SSSR count). The molecule has 4 aromatic rings. The molecule has 1 saturated heterocycles. The van der Waals surface area contributed by atoms with Gasteiger partial charge in [-0.1, -0.05) is 67.5 Å². The van der Waals surface area contributed by atoms with Crippen molar-refractivity contribution in [2.75, 3.05) is 11.9 Å². The normalized spacial score (nSPS) is 25.9. The number of benzene rings is 3. The van der Waals surface area contributed by atoms with E-state index in [4.69, 9.17) is 9.72 Å². The SMILES string of the molecule is CC(C)n1c(O[C@@H]2C[C@H]3C(=O)N[C@]4(C(=O)NS(=O)(=O)C5(C)CC5)C[C@H]4C=CCCCCC[C@H](Nc4ccccc4)C(=O)N3C2)nc2c(-c3ccc(F)cc3)cccc21. The molecule has 0 bridgehead atoms. The number of para-hydroxylation sites is 2. The second-order valence-electron chi connectivity index (χ2n) is 16.8. The fraction of sp³-hybridized carbons (Fsp3) is 0.455. The van der Waals surface area contributed by atoms with Gasteiger partial charge in [-0.15, -0.1) is 0 Å². The lowest BCUT2D eigenvalue weighted by Crippen LogP contribution is -2.58. The Balaban J connectivity index is 1.13. The topological polar surface area (TPSA) is 152 Å². The molecule has 58 heavy (non-hydrogen) atoms. The number of nitrogens with one attached hydrogen (secondary N) is 3. The maximum absolute atomic E-state index is 14.8. The molecule has 4 aliphatic rings. The first-order valence-electron chi connectivity index (χ1n) is 20.4. The molecule has 2 saturated carbocycles. The summed E-state index contributed by atoms with van der Waals surface area (Å²) in [7, 11) is -3.98. The molecule has 306 valence electrons. The number of allylic oxidation sites excluding steroid dienone is 1. The Morgan fingerprint density at radius 3 is 2.48 bits per heavy atom. The zero-order valence-electron chi connectivity index (χ0n) is 33.1. The third-order valence-electron chi connectivity index (χ3n) is 12.2. The largest absolute Gasteiger partial charge is 0.459 e. The summed E-state index contributed by atoms with van der Waals surface area (Å²) in [4.78, 5) is 49.9. The van der Waals surface area contributed by atoms with Crippen molar-refractivity contribution in [2.24, 2.45) is 5.92 Å². The summed E-state index contributed by atoms with van der Waals surface area (Å²) in [5.74, 6) is -2.33. The van der Waals surface area contributed by atoms with Crippen molar-refractivity contribution < 1.29 is 31.9 Å². The summed E-state index contributed by atoms with van der Waals surface area (Å²) >= 11 is 0. The van der Waals surface area contributed by atoms with Crippen molar-refractivity contribution in [3.63, 3.8) is 0 Å². The van der Waals surface area contributed by atoms with Crippen molar-refractivity contribution in [1.82, 2.24) is 24.5 Å². The highest BCUT2D eigenvalue weighted by Crippen LogP contribution is 2.47. The first-order chi connectivity index (χ1) is 27.8. The van der Waals surface area contributed by atoms with Crippen molar-refractivity contribution in [1.29, 1.82) is 0 Å². The van der Waals surface area contributed by atoms with Crippen molar-refractivity contribution in [3.8, 4) is 17.1 Å². The van der Waals surface area contributed by atoms with E-state index in [1.807, 2.05) is 79.1 Å². The van der Waals surface area contributed by atoms with Gasteiger partial charge in [0.1, 0.15) is 35.1 Å².